The van der Waals surface area contributed by atoms with Crippen LogP contribution < -0.4 is 10.1 Å². The second-order valence-electron chi connectivity index (χ2n) is 8.52. The molecular formula is C27H20F3N5O3. The molecule has 8 nitrogen and oxygen atoms in total. The van der Waals surface area contributed by atoms with E-state index in [0.717, 1.165) is 11.6 Å². The lowest BCUT2D eigenvalue weighted by Gasteiger charge is -2.39. The van der Waals surface area contributed by atoms with Crippen LogP contribution in [0.2, 0.25) is 0 Å². The minimum Gasteiger partial charge on any atom is -0.405 e. The van der Waals surface area contributed by atoms with Crippen molar-refractivity contribution in [3.63, 3.8) is 0 Å². The Kier molecular flexibility index (Phi) is 7.58. The number of nitriles is 2. The molecule has 0 spiro atoms. The lowest BCUT2D eigenvalue weighted by atomic mass is 9.85. The van der Waals surface area contributed by atoms with Crippen LogP contribution in [-0.2, 0) is 0 Å². The Balaban J connectivity index is 1.58. The molecule has 2 heterocycles. The number of nitrogens with one attached hydrogen (secondary N) is 1. The number of hydrogen-bond donors (Lipinski definition) is 1. The second kappa shape index (κ2) is 11.0. The molecule has 0 radical (unpaired) electrons. The summed E-state index contributed by atoms with van der Waals surface area (Å²) >= 11 is 0. The second-order valence-corrected chi connectivity index (χ2v) is 8.52. The van der Waals surface area contributed by atoms with Gasteiger partial charge in [0.15, 0.2) is 5.69 Å². The average molecular weight is 519 g/mol. The van der Waals surface area contributed by atoms with Gasteiger partial charge in [0.05, 0.1) is 16.7 Å². The molecule has 0 saturated carbocycles. The van der Waals surface area contributed by atoms with Crippen LogP contribution in [0.5, 0.6) is 5.75 Å². The molecule has 1 N–H and O–H groups in total. The Labute approximate surface area is 215 Å². The highest BCUT2D eigenvalue weighted by Gasteiger charge is 2.36. The predicted octanol–water partition coefficient (Wildman–Crippen LogP) is 4.15. The Morgan fingerprint density at radius 2 is 1.76 bits per heavy atom. The number of pyridine rings is 1. The summed E-state index contributed by atoms with van der Waals surface area (Å²) in [6.45, 7) is 0.423. The van der Waals surface area contributed by atoms with Crippen LogP contribution in [0.15, 0.2) is 66.9 Å². The molecule has 1 aromatic heterocycles. The Hall–Kier alpha value is -4.90. The molecule has 0 bridgehead atoms. The highest BCUT2D eigenvalue weighted by molar-refractivity contribution is 5.97. The molecule has 11 heteroatoms. The molecule has 3 aromatic rings. The Morgan fingerprint density at radius 1 is 1.05 bits per heavy atom. The van der Waals surface area contributed by atoms with Gasteiger partial charge in [-0.15, -0.1) is 13.2 Å². The van der Waals surface area contributed by atoms with Crippen LogP contribution in [0.25, 0.3) is 0 Å². The first kappa shape index (κ1) is 26.2. The van der Waals surface area contributed by atoms with Crippen molar-refractivity contribution in [2.45, 2.75) is 24.7 Å². The SMILES string of the molecule is N#Cc1cc(C(=O)N2CC[C@@H](NC(=O)c3ccccc3OC(F)(F)F)[C@@H](c3ccccc3)C2)cnc1C#N. The highest BCUT2D eigenvalue weighted by atomic mass is 19.4. The largest absolute Gasteiger partial charge is 0.573 e. The fourth-order valence-corrected chi connectivity index (χ4v) is 4.40. The van der Waals surface area contributed by atoms with Gasteiger partial charge < -0.3 is 15.0 Å². The van der Waals surface area contributed by atoms with E-state index < -0.39 is 30.0 Å². The van der Waals surface area contributed by atoms with E-state index in [2.05, 4.69) is 15.0 Å². The summed E-state index contributed by atoms with van der Waals surface area (Å²) in [4.78, 5) is 31.8. The van der Waals surface area contributed by atoms with E-state index in [-0.39, 0.29) is 41.4 Å². The molecule has 2 atom stereocenters. The third-order valence-corrected chi connectivity index (χ3v) is 6.16. The van der Waals surface area contributed by atoms with E-state index in [0.29, 0.717) is 6.42 Å². The lowest BCUT2D eigenvalue weighted by Crippen LogP contribution is -2.51. The molecule has 1 aliphatic rings. The standard InChI is InChI=1S/C27H20F3N5O3/c28-27(29,30)38-24-9-5-4-8-20(24)25(36)34-22-10-11-35(16-21(22)17-6-2-1-3-7-17)26(37)19-12-18(13-31)23(14-32)33-15-19/h1-9,12,15,21-22H,10-11,16H2,(H,34,36)/t21-,22-/m1/s1. The van der Waals surface area contributed by atoms with Gasteiger partial charge in [0.25, 0.3) is 11.8 Å². The molecule has 1 aliphatic heterocycles. The maximum Gasteiger partial charge on any atom is 0.573 e. The van der Waals surface area contributed by atoms with Crippen molar-refractivity contribution < 1.29 is 27.5 Å². The van der Waals surface area contributed by atoms with Crippen molar-refractivity contribution in [3.8, 4) is 17.9 Å². The number of amides is 2. The van der Waals surface area contributed by atoms with Gasteiger partial charge in [-0.2, -0.15) is 10.5 Å². The maximum atomic E-state index is 13.3. The highest BCUT2D eigenvalue weighted by Crippen LogP contribution is 2.30. The molecule has 2 amide bonds. The number of hydrogen-bond acceptors (Lipinski definition) is 6. The van der Waals surface area contributed by atoms with E-state index in [9.17, 15) is 28.0 Å². The zero-order valence-corrected chi connectivity index (χ0v) is 19.8. The number of carbonyl (C=O) groups excluding carboxylic acids is 2. The number of nitrogens with zero attached hydrogens (tertiary/aromatic N) is 4. The van der Waals surface area contributed by atoms with Crippen molar-refractivity contribution in [1.29, 1.82) is 10.5 Å². The molecule has 4 rings (SSSR count). The van der Waals surface area contributed by atoms with Crippen LogP contribution in [0.4, 0.5) is 13.2 Å². The van der Waals surface area contributed by atoms with Gasteiger partial charge in [-0.1, -0.05) is 42.5 Å². The number of piperidine rings is 1. The summed E-state index contributed by atoms with van der Waals surface area (Å²) < 4.78 is 42.6. The summed E-state index contributed by atoms with van der Waals surface area (Å²) in [7, 11) is 0. The van der Waals surface area contributed by atoms with Gasteiger partial charge in [-0.25, -0.2) is 4.98 Å². The van der Waals surface area contributed by atoms with Gasteiger partial charge in [0, 0.05) is 31.2 Å². The van der Waals surface area contributed by atoms with Gasteiger partial charge in [-0.05, 0) is 30.2 Å². The molecule has 38 heavy (non-hydrogen) atoms. The molecule has 192 valence electrons. The van der Waals surface area contributed by atoms with Crippen molar-refractivity contribution in [3.05, 3.63) is 94.8 Å². The molecule has 0 unspecified atom stereocenters. The zero-order chi connectivity index (χ0) is 27.3. The lowest BCUT2D eigenvalue weighted by molar-refractivity contribution is -0.274. The number of ether oxygens (including phenoxy) is 1. The first-order chi connectivity index (χ1) is 18.2. The van der Waals surface area contributed by atoms with Crippen molar-refractivity contribution in [1.82, 2.24) is 15.2 Å². The van der Waals surface area contributed by atoms with Gasteiger partial charge in [0.2, 0.25) is 0 Å². The van der Waals surface area contributed by atoms with Gasteiger partial charge in [0.1, 0.15) is 17.9 Å². The predicted molar refractivity (Wildman–Crippen MR) is 128 cm³/mol. The van der Waals surface area contributed by atoms with E-state index in [4.69, 9.17) is 5.26 Å². The van der Waals surface area contributed by atoms with E-state index in [1.54, 1.807) is 11.0 Å². The number of likely N-dealkylation sites (tertiary alicyclic amines) is 1. The van der Waals surface area contributed by atoms with Gasteiger partial charge in [-0.3, -0.25) is 9.59 Å². The average Bonchev–Trinajstić information content (AvgIpc) is 2.92. The molecule has 1 fully saturated rings. The van der Waals surface area contributed by atoms with Crippen LogP contribution >= 0.6 is 0 Å². The molecule has 1 saturated heterocycles. The smallest absolute Gasteiger partial charge is 0.405 e. The quantitative estimate of drug-likeness (QED) is 0.541. The summed E-state index contributed by atoms with van der Waals surface area (Å²) in [5.41, 5.74) is 0.615. The summed E-state index contributed by atoms with van der Waals surface area (Å²) in [6.07, 6.45) is -3.40. The van der Waals surface area contributed by atoms with Crippen molar-refractivity contribution >= 4 is 11.8 Å². The number of aromatic nitrogens is 1. The van der Waals surface area contributed by atoms with E-state index >= 15 is 0 Å². The molecular weight excluding hydrogens is 499 g/mol. The monoisotopic (exact) mass is 519 g/mol. The fraction of sp³-hybridized carbons (Fsp3) is 0.222. The minimum atomic E-state index is -4.96. The van der Waals surface area contributed by atoms with E-state index in [1.165, 1.54) is 30.5 Å². The first-order valence-electron chi connectivity index (χ1n) is 11.5. The first-order valence-corrected chi connectivity index (χ1v) is 11.5. The normalized spacial score (nSPS) is 17.1. The Morgan fingerprint density at radius 3 is 2.45 bits per heavy atom. The van der Waals surface area contributed by atoms with E-state index in [1.807, 2.05) is 36.4 Å². The van der Waals surface area contributed by atoms with Crippen molar-refractivity contribution in [2.75, 3.05) is 13.1 Å². The zero-order valence-electron chi connectivity index (χ0n) is 19.8. The number of rotatable bonds is 5. The van der Waals surface area contributed by atoms with Crippen LogP contribution in [0.3, 0.4) is 0 Å². The topological polar surface area (TPSA) is 119 Å². The fourth-order valence-electron chi connectivity index (χ4n) is 4.40. The summed E-state index contributed by atoms with van der Waals surface area (Å²) in [5, 5.41) is 21.2. The number of benzene rings is 2. The van der Waals surface area contributed by atoms with Crippen LogP contribution in [-0.4, -0.2) is 47.2 Å². The third kappa shape index (κ3) is 5.90. The molecule has 2 aromatic carbocycles. The number of halogens is 3. The number of alkyl halides is 3. The van der Waals surface area contributed by atoms with Crippen molar-refractivity contribution in [2.24, 2.45) is 0 Å². The Bertz CT molecular complexity index is 1430. The minimum absolute atomic E-state index is 0.0140. The summed E-state index contributed by atoms with van der Waals surface area (Å²) in [5.74, 6) is -2.11. The third-order valence-electron chi connectivity index (χ3n) is 6.16. The van der Waals surface area contributed by atoms with Crippen LogP contribution in [0.1, 0.15) is 49.9 Å². The van der Waals surface area contributed by atoms with Crippen LogP contribution in [0, 0.1) is 22.7 Å². The number of para-hydroxylation sites is 1. The maximum absolute atomic E-state index is 13.3. The molecule has 0 aliphatic carbocycles. The number of carbonyl (C=O) groups is 2. The van der Waals surface area contributed by atoms with Gasteiger partial charge >= 0.3 is 6.36 Å². The summed E-state index contributed by atoms with van der Waals surface area (Å²) in [6, 6.07) is 18.7.